The zero-order valence-corrected chi connectivity index (χ0v) is 18.0. The van der Waals surface area contributed by atoms with Crippen LogP contribution in [-0.4, -0.2) is 36.1 Å². The Balaban J connectivity index is 2.11. The van der Waals surface area contributed by atoms with Crippen molar-refractivity contribution in [2.75, 3.05) is 23.3 Å². The van der Waals surface area contributed by atoms with E-state index >= 15 is 0 Å². The number of carbonyl (C=O) groups excluding carboxylic acids is 2. The number of allylic oxidation sites excluding steroid dienone is 1. The van der Waals surface area contributed by atoms with Crippen molar-refractivity contribution in [3.8, 4) is 6.07 Å². The van der Waals surface area contributed by atoms with Crippen LogP contribution in [0, 0.1) is 17.2 Å². The second-order valence-electron chi connectivity index (χ2n) is 7.23. The summed E-state index contributed by atoms with van der Waals surface area (Å²) in [6.45, 7) is 1.30. The molecule has 1 aromatic heterocycles. The Hall–Kier alpha value is -3.42. The van der Waals surface area contributed by atoms with E-state index < -0.39 is 12.1 Å². The summed E-state index contributed by atoms with van der Waals surface area (Å²) in [5, 5.41) is 14.8. The predicted octanol–water partition coefficient (Wildman–Crippen LogP) is 4.44. The number of nitriles is 1. The first-order valence-corrected chi connectivity index (χ1v) is 10.3. The molecule has 11 heteroatoms. The highest BCUT2D eigenvalue weighted by Crippen LogP contribution is 2.37. The van der Waals surface area contributed by atoms with E-state index in [4.69, 9.17) is 16.9 Å². The number of anilines is 3. The molecule has 172 valence electrons. The molecule has 3 rings (SSSR count). The average Bonchev–Trinajstić information content (AvgIpc) is 2.80. The summed E-state index contributed by atoms with van der Waals surface area (Å²) in [4.78, 5) is 29.5. The fraction of sp³-hybridized carbons (Fsp3) is 0.273. The minimum absolute atomic E-state index is 0.00184. The second-order valence-corrected chi connectivity index (χ2v) is 7.66. The van der Waals surface area contributed by atoms with Gasteiger partial charge < -0.3 is 10.6 Å². The van der Waals surface area contributed by atoms with Crippen LogP contribution in [0.1, 0.15) is 18.4 Å². The third kappa shape index (κ3) is 6.09. The Bertz CT molecular complexity index is 1090. The molecule has 2 aromatic rings. The molecular formula is C22H19ClF3N5O2. The van der Waals surface area contributed by atoms with Crippen molar-refractivity contribution in [2.45, 2.75) is 19.0 Å². The minimum atomic E-state index is -5.23. The van der Waals surface area contributed by atoms with Gasteiger partial charge in [0.1, 0.15) is 5.82 Å². The smallest absolute Gasteiger partial charge is 0.324 e. The molecule has 0 aliphatic carbocycles. The third-order valence-corrected chi connectivity index (χ3v) is 5.19. The molecule has 1 aromatic carbocycles. The van der Waals surface area contributed by atoms with Crippen molar-refractivity contribution in [3.05, 3.63) is 53.2 Å². The number of nitrogens with one attached hydrogen (secondary N) is 2. The molecule has 2 heterocycles. The van der Waals surface area contributed by atoms with Crippen LogP contribution in [0.15, 0.2) is 42.6 Å². The lowest BCUT2D eigenvalue weighted by Gasteiger charge is -2.27. The SMILES string of the molecule is N#C/C=C/c1ccc(NC(=O)C2CCNCC2)c(N(C(=O)C(F)(F)F)c2ccc(Cl)cn2)c1. The molecule has 1 aliphatic heterocycles. The number of hydrogen-bond donors (Lipinski definition) is 2. The Labute approximate surface area is 192 Å². The van der Waals surface area contributed by atoms with Crippen LogP contribution in [0.2, 0.25) is 5.02 Å². The van der Waals surface area contributed by atoms with E-state index in [0.717, 1.165) is 12.3 Å². The van der Waals surface area contributed by atoms with Crippen molar-refractivity contribution in [1.29, 1.82) is 5.26 Å². The molecule has 0 spiro atoms. The summed E-state index contributed by atoms with van der Waals surface area (Å²) in [7, 11) is 0. The topological polar surface area (TPSA) is 98.1 Å². The molecule has 7 nitrogen and oxygen atoms in total. The van der Waals surface area contributed by atoms with Gasteiger partial charge in [0, 0.05) is 18.2 Å². The summed E-state index contributed by atoms with van der Waals surface area (Å²) in [6.07, 6.45) is -0.450. The van der Waals surface area contributed by atoms with Gasteiger partial charge >= 0.3 is 12.1 Å². The molecule has 0 radical (unpaired) electrons. The molecule has 2 N–H and O–H groups in total. The van der Waals surface area contributed by atoms with Crippen LogP contribution in [0.25, 0.3) is 6.08 Å². The predicted molar refractivity (Wildman–Crippen MR) is 118 cm³/mol. The molecule has 0 bridgehead atoms. The summed E-state index contributed by atoms with van der Waals surface area (Å²) in [5.41, 5.74) is 0.108. The van der Waals surface area contributed by atoms with Crippen LogP contribution in [-0.2, 0) is 9.59 Å². The Kier molecular flexibility index (Phi) is 7.68. The van der Waals surface area contributed by atoms with E-state index in [9.17, 15) is 22.8 Å². The summed E-state index contributed by atoms with van der Waals surface area (Å²) in [5.74, 6) is -3.21. The van der Waals surface area contributed by atoms with Gasteiger partial charge in [0.25, 0.3) is 0 Å². The van der Waals surface area contributed by atoms with Gasteiger partial charge in [-0.1, -0.05) is 17.7 Å². The second kappa shape index (κ2) is 10.5. The maximum Gasteiger partial charge on any atom is 0.472 e. The van der Waals surface area contributed by atoms with Crippen LogP contribution in [0.4, 0.5) is 30.4 Å². The number of piperidine rings is 1. The van der Waals surface area contributed by atoms with Gasteiger partial charge in [-0.25, -0.2) is 4.98 Å². The number of halogens is 4. The van der Waals surface area contributed by atoms with Crippen molar-refractivity contribution in [3.63, 3.8) is 0 Å². The van der Waals surface area contributed by atoms with E-state index in [0.29, 0.717) is 36.4 Å². The van der Waals surface area contributed by atoms with Crippen LogP contribution in [0.3, 0.4) is 0 Å². The van der Waals surface area contributed by atoms with Gasteiger partial charge in [-0.3, -0.25) is 14.5 Å². The number of carbonyl (C=O) groups is 2. The number of rotatable bonds is 5. The molecule has 33 heavy (non-hydrogen) atoms. The average molecular weight is 478 g/mol. The number of nitrogens with zero attached hydrogens (tertiary/aromatic N) is 3. The first kappa shape index (κ1) is 24.2. The quantitative estimate of drug-likeness (QED) is 0.620. The summed E-state index contributed by atoms with van der Waals surface area (Å²) in [6, 6.07) is 8.43. The van der Waals surface area contributed by atoms with Crippen molar-refractivity contribution >= 4 is 46.7 Å². The Morgan fingerprint density at radius 3 is 2.58 bits per heavy atom. The van der Waals surface area contributed by atoms with Gasteiger partial charge in [0.15, 0.2) is 0 Å². The zero-order valence-electron chi connectivity index (χ0n) is 17.2. The monoisotopic (exact) mass is 477 g/mol. The first-order valence-electron chi connectivity index (χ1n) is 9.95. The lowest BCUT2D eigenvalue weighted by molar-refractivity contribution is -0.169. The molecule has 0 unspecified atom stereocenters. The third-order valence-electron chi connectivity index (χ3n) is 4.97. The molecule has 2 amide bonds. The summed E-state index contributed by atoms with van der Waals surface area (Å²) >= 11 is 5.81. The highest BCUT2D eigenvalue weighted by molar-refractivity contribution is 6.30. The molecule has 0 saturated carbocycles. The molecule has 0 atom stereocenters. The number of aromatic nitrogens is 1. The van der Waals surface area contributed by atoms with E-state index in [2.05, 4.69) is 15.6 Å². The van der Waals surface area contributed by atoms with Crippen molar-refractivity contribution in [2.24, 2.45) is 5.92 Å². The van der Waals surface area contributed by atoms with Gasteiger partial charge in [0.05, 0.1) is 22.5 Å². The minimum Gasteiger partial charge on any atom is -0.324 e. The number of pyridine rings is 1. The highest BCUT2D eigenvalue weighted by atomic mass is 35.5. The summed E-state index contributed by atoms with van der Waals surface area (Å²) < 4.78 is 40.6. The molecule has 1 fully saturated rings. The van der Waals surface area contributed by atoms with E-state index in [1.54, 1.807) is 6.07 Å². The fourth-order valence-corrected chi connectivity index (χ4v) is 3.47. The highest BCUT2D eigenvalue weighted by Gasteiger charge is 2.45. The van der Waals surface area contributed by atoms with Crippen molar-refractivity contribution in [1.82, 2.24) is 10.3 Å². The van der Waals surface area contributed by atoms with Crippen LogP contribution >= 0.6 is 11.6 Å². The van der Waals surface area contributed by atoms with E-state index in [1.807, 2.05) is 0 Å². The molecular weight excluding hydrogens is 459 g/mol. The van der Waals surface area contributed by atoms with E-state index in [1.165, 1.54) is 36.4 Å². The van der Waals surface area contributed by atoms with Crippen LogP contribution < -0.4 is 15.5 Å². The zero-order chi connectivity index (χ0) is 24.0. The fourth-order valence-electron chi connectivity index (χ4n) is 3.36. The largest absolute Gasteiger partial charge is 0.472 e. The first-order chi connectivity index (χ1) is 15.7. The number of hydrogen-bond acceptors (Lipinski definition) is 5. The number of alkyl halides is 3. The van der Waals surface area contributed by atoms with Gasteiger partial charge in [-0.05, 0) is 61.8 Å². The van der Waals surface area contributed by atoms with Crippen molar-refractivity contribution < 1.29 is 22.8 Å². The van der Waals surface area contributed by atoms with Gasteiger partial charge in [0.2, 0.25) is 5.91 Å². The maximum absolute atomic E-state index is 13.5. The van der Waals surface area contributed by atoms with Gasteiger partial charge in [-0.2, -0.15) is 18.4 Å². The van der Waals surface area contributed by atoms with Gasteiger partial charge in [-0.15, -0.1) is 0 Å². The lowest BCUT2D eigenvalue weighted by Crippen LogP contribution is -2.39. The number of amides is 2. The maximum atomic E-state index is 13.5. The Morgan fingerprint density at radius 1 is 1.24 bits per heavy atom. The lowest BCUT2D eigenvalue weighted by atomic mass is 9.97. The molecule has 1 saturated heterocycles. The van der Waals surface area contributed by atoms with E-state index in [-0.39, 0.29) is 34.0 Å². The Morgan fingerprint density at radius 2 is 1.97 bits per heavy atom. The normalized spacial score (nSPS) is 14.6. The standard InChI is InChI=1S/C22H19ClF3N5O2/c23-16-4-6-19(29-13-16)31(21(33)22(24,25)26)18-12-14(2-1-9-27)3-5-17(18)30-20(32)15-7-10-28-11-8-15/h1-6,12-13,15,28H,7-8,10-11H2,(H,30,32)/b2-1+. The molecule has 1 aliphatic rings. The number of benzene rings is 1. The van der Waals surface area contributed by atoms with Crippen LogP contribution in [0.5, 0.6) is 0 Å².